The Kier molecular flexibility index (Phi) is 7.76. The van der Waals surface area contributed by atoms with Crippen LogP contribution in [-0.2, 0) is 6.54 Å². The molecule has 1 aromatic carbocycles. The fourth-order valence-electron chi connectivity index (χ4n) is 6.38. The smallest absolute Gasteiger partial charge is 0.213 e. The number of halogens is 1. The first-order valence-electron chi connectivity index (χ1n) is 14.2. The molecular weight excluding hydrogens is 483 g/mol. The van der Waals surface area contributed by atoms with Gasteiger partial charge in [0.05, 0.1) is 17.7 Å². The zero-order valence-electron chi connectivity index (χ0n) is 22.3. The molecule has 9 heteroatoms. The van der Waals surface area contributed by atoms with Gasteiger partial charge in [-0.05, 0) is 76.5 Å². The number of rotatable bonds is 9. The van der Waals surface area contributed by atoms with Crippen molar-refractivity contribution < 1.29 is 13.7 Å². The van der Waals surface area contributed by atoms with E-state index >= 15 is 0 Å². The summed E-state index contributed by atoms with van der Waals surface area (Å²) in [6, 6.07) is 11.9. The molecule has 3 saturated heterocycles. The molecule has 1 unspecified atom stereocenters. The van der Waals surface area contributed by atoms with Crippen LogP contribution in [0.1, 0.15) is 37.8 Å². The first kappa shape index (κ1) is 25.5. The van der Waals surface area contributed by atoms with Gasteiger partial charge in [0.25, 0.3) is 0 Å². The minimum atomic E-state index is -0.260. The van der Waals surface area contributed by atoms with Gasteiger partial charge in [0, 0.05) is 56.8 Å². The molecule has 0 saturated carbocycles. The van der Waals surface area contributed by atoms with Crippen LogP contribution in [0.3, 0.4) is 0 Å². The minimum absolute atomic E-state index is 0.260. The number of piperazine rings is 1. The predicted molar refractivity (Wildman–Crippen MR) is 146 cm³/mol. The van der Waals surface area contributed by atoms with Gasteiger partial charge in [-0.3, -0.25) is 4.90 Å². The van der Waals surface area contributed by atoms with Crippen LogP contribution in [0.4, 0.5) is 10.2 Å². The van der Waals surface area contributed by atoms with Crippen LogP contribution in [0.15, 0.2) is 40.9 Å². The van der Waals surface area contributed by atoms with Gasteiger partial charge in [-0.15, -0.1) is 0 Å². The van der Waals surface area contributed by atoms with Crippen molar-refractivity contribution in [3.63, 3.8) is 0 Å². The van der Waals surface area contributed by atoms with Crippen molar-refractivity contribution in [1.82, 2.24) is 25.3 Å². The first-order chi connectivity index (χ1) is 18.6. The van der Waals surface area contributed by atoms with Gasteiger partial charge in [-0.25, -0.2) is 9.37 Å². The van der Waals surface area contributed by atoms with E-state index in [9.17, 15) is 4.39 Å². The van der Waals surface area contributed by atoms with Crippen molar-refractivity contribution in [2.24, 2.45) is 5.92 Å². The Morgan fingerprint density at radius 1 is 1.11 bits per heavy atom. The maximum atomic E-state index is 13.8. The van der Waals surface area contributed by atoms with Gasteiger partial charge in [0.1, 0.15) is 5.82 Å². The van der Waals surface area contributed by atoms with Crippen molar-refractivity contribution in [3.05, 3.63) is 47.9 Å². The third-order valence-electron chi connectivity index (χ3n) is 8.60. The van der Waals surface area contributed by atoms with E-state index in [2.05, 4.69) is 38.3 Å². The molecule has 3 aromatic rings. The van der Waals surface area contributed by atoms with Gasteiger partial charge >= 0.3 is 0 Å². The van der Waals surface area contributed by atoms with Crippen molar-refractivity contribution >= 4 is 16.8 Å². The lowest BCUT2D eigenvalue weighted by Gasteiger charge is -2.46. The van der Waals surface area contributed by atoms with E-state index in [4.69, 9.17) is 14.2 Å². The average Bonchev–Trinajstić information content (AvgIpc) is 3.55. The second-order valence-electron chi connectivity index (χ2n) is 11.2. The molecule has 204 valence electrons. The third-order valence-corrected chi connectivity index (χ3v) is 8.60. The number of nitrogens with one attached hydrogen (secondary N) is 1. The summed E-state index contributed by atoms with van der Waals surface area (Å²) >= 11 is 0. The minimum Gasteiger partial charge on any atom is -0.477 e. The Morgan fingerprint density at radius 2 is 2.05 bits per heavy atom. The monoisotopic (exact) mass is 522 g/mol. The van der Waals surface area contributed by atoms with E-state index < -0.39 is 0 Å². The van der Waals surface area contributed by atoms with Crippen LogP contribution in [-0.4, -0.2) is 84.9 Å². The van der Waals surface area contributed by atoms with E-state index in [-0.39, 0.29) is 5.82 Å². The third kappa shape index (κ3) is 5.80. The van der Waals surface area contributed by atoms with Gasteiger partial charge < -0.3 is 24.4 Å². The summed E-state index contributed by atoms with van der Waals surface area (Å²) in [6.45, 7) is 7.45. The SMILES string of the molecule is CN1CCCC1CCNCc1cccc(OC[C@@H]2CC[C@@H]3CN(c4noc5ccc(F)cc45)CCN3C2)n1. The lowest BCUT2D eigenvalue weighted by atomic mass is 9.91. The number of ether oxygens (including phenoxy) is 1. The molecule has 3 aliphatic heterocycles. The summed E-state index contributed by atoms with van der Waals surface area (Å²) in [5, 5.41) is 8.57. The van der Waals surface area contributed by atoms with Crippen LogP contribution in [0.25, 0.3) is 11.0 Å². The van der Waals surface area contributed by atoms with E-state index in [0.29, 0.717) is 24.1 Å². The molecular formula is C29H39FN6O2. The summed E-state index contributed by atoms with van der Waals surface area (Å²) in [7, 11) is 2.23. The van der Waals surface area contributed by atoms with Crippen LogP contribution in [0, 0.1) is 11.7 Å². The van der Waals surface area contributed by atoms with Crippen molar-refractivity contribution in [2.75, 3.05) is 57.8 Å². The standard InChI is InChI=1S/C29H39FN6O2/c1-34-13-3-5-24(34)11-12-31-17-23-4-2-6-28(32-23)37-20-21-7-9-25-19-36(15-14-35(25)18-21)29-26-16-22(30)8-10-27(26)38-33-29/h2,4,6,8,10,16,21,24-25,31H,3,5,7,9,11-15,17-20H2,1H3/t21-,24?,25-/m1/s1. The van der Waals surface area contributed by atoms with Gasteiger partial charge in [0.15, 0.2) is 11.4 Å². The Morgan fingerprint density at radius 3 is 2.95 bits per heavy atom. The maximum Gasteiger partial charge on any atom is 0.213 e. The fourth-order valence-corrected chi connectivity index (χ4v) is 6.38. The molecule has 5 heterocycles. The highest BCUT2D eigenvalue weighted by atomic mass is 19.1. The Balaban J connectivity index is 0.956. The van der Waals surface area contributed by atoms with Gasteiger partial charge in [-0.2, -0.15) is 0 Å². The quantitative estimate of drug-likeness (QED) is 0.424. The average molecular weight is 523 g/mol. The second kappa shape index (κ2) is 11.6. The van der Waals surface area contributed by atoms with Crippen molar-refractivity contribution in [3.8, 4) is 5.88 Å². The number of fused-ring (bicyclic) bond motifs is 2. The number of nitrogens with zero attached hydrogens (tertiary/aromatic N) is 5. The van der Waals surface area contributed by atoms with Crippen molar-refractivity contribution in [1.29, 1.82) is 0 Å². The molecule has 3 atom stereocenters. The number of anilines is 1. The lowest BCUT2D eigenvalue weighted by molar-refractivity contribution is 0.0716. The zero-order valence-corrected chi connectivity index (χ0v) is 22.3. The Bertz CT molecular complexity index is 1220. The molecule has 1 N–H and O–H groups in total. The molecule has 2 aromatic heterocycles. The normalized spacial score (nSPS) is 24.7. The lowest BCUT2D eigenvalue weighted by Crippen LogP contribution is -2.57. The van der Waals surface area contributed by atoms with E-state index in [1.165, 1.54) is 37.9 Å². The van der Waals surface area contributed by atoms with E-state index in [1.54, 1.807) is 6.07 Å². The molecule has 38 heavy (non-hydrogen) atoms. The Labute approximate surface area is 224 Å². The van der Waals surface area contributed by atoms with E-state index in [1.807, 2.05) is 12.1 Å². The van der Waals surface area contributed by atoms with Crippen LogP contribution < -0.4 is 15.0 Å². The molecule has 3 fully saturated rings. The zero-order chi connectivity index (χ0) is 25.9. The van der Waals surface area contributed by atoms with Crippen LogP contribution >= 0.6 is 0 Å². The highest BCUT2D eigenvalue weighted by Crippen LogP contribution is 2.32. The molecule has 3 aliphatic rings. The summed E-state index contributed by atoms with van der Waals surface area (Å²) in [4.78, 5) is 12.0. The number of likely N-dealkylation sites (tertiary alicyclic amines) is 1. The summed E-state index contributed by atoms with van der Waals surface area (Å²) in [6.07, 6.45) is 6.07. The summed E-state index contributed by atoms with van der Waals surface area (Å²) in [5.41, 5.74) is 1.66. The highest BCUT2D eigenvalue weighted by Gasteiger charge is 2.34. The number of aromatic nitrogens is 2. The maximum absolute atomic E-state index is 13.8. The number of hydrogen-bond acceptors (Lipinski definition) is 8. The van der Waals surface area contributed by atoms with Crippen molar-refractivity contribution in [2.45, 2.75) is 50.7 Å². The van der Waals surface area contributed by atoms with E-state index in [0.717, 1.165) is 80.9 Å². The second-order valence-corrected chi connectivity index (χ2v) is 11.2. The molecule has 0 bridgehead atoms. The molecule has 8 nitrogen and oxygen atoms in total. The summed E-state index contributed by atoms with van der Waals surface area (Å²) < 4.78 is 25.4. The van der Waals surface area contributed by atoms with Crippen LogP contribution in [0.5, 0.6) is 5.88 Å². The summed E-state index contributed by atoms with van der Waals surface area (Å²) in [5.74, 6) is 1.71. The fraction of sp³-hybridized carbons (Fsp3) is 0.586. The molecule has 0 radical (unpaired) electrons. The number of pyridine rings is 1. The van der Waals surface area contributed by atoms with Gasteiger partial charge in [-0.1, -0.05) is 11.2 Å². The Hall–Kier alpha value is -2.75. The molecule has 0 spiro atoms. The molecule has 0 aliphatic carbocycles. The van der Waals surface area contributed by atoms with Crippen LogP contribution in [0.2, 0.25) is 0 Å². The molecule has 6 rings (SSSR count). The topological polar surface area (TPSA) is 69.9 Å². The predicted octanol–water partition coefficient (Wildman–Crippen LogP) is 3.92. The van der Waals surface area contributed by atoms with Gasteiger partial charge in [0.2, 0.25) is 5.88 Å². The first-order valence-corrected chi connectivity index (χ1v) is 14.2. The highest BCUT2D eigenvalue weighted by molar-refractivity contribution is 5.88. The largest absolute Gasteiger partial charge is 0.477 e. The number of hydrogen-bond donors (Lipinski definition) is 1. The number of benzene rings is 1. The number of piperidine rings is 1. The molecule has 0 amide bonds.